The van der Waals surface area contributed by atoms with Crippen molar-refractivity contribution in [2.75, 3.05) is 0 Å². The van der Waals surface area contributed by atoms with Crippen LogP contribution in [0.1, 0.15) is 29.4 Å². The Bertz CT molecular complexity index is 451. The largest absolute Gasteiger partial charge is 0.252 e. The van der Waals surface area contributed by atoms with Crippen molar-refractivity contribution in [3.05, 3.63) is 47.8 Å². The molecule has 0 fully saturated rings. The van der Waals surface area contributed by atoms with Crippen LogP contribution >= 0.6 is 15.9 Å². The molecule has 1 unspecified atom stereocenters. The Morgan fingerprint density at radius 3 is 2.71 bits per heavy atom. The van der Waals surface area contributed by atoms with Crippen LogP contribution in [0.15, 0.2) is 36.5 Å². The molecule has 1 heterocycles. The number of halogens is 1. The van der Waals surface area contributed by atoms with E-state index in [4.69, 9.17) is 0 Å². The zero-order valence-corrected chi connectivity index (χ0v) is 11.5. The summed E-state index contributed by atoms with van der Waals surface area (Å²) < 4.78 is 1.91. The summed E-state index contributed by atoms with van der Waals surface area (Å²) in [7, 11) is 0. The van der Waals surface area contributed by atoms with Crippen molar-refractivity contribution >= 4 is 15.9 Å². The summed E-state index contributed by atoms with van der Waals surface area (Å²) in [6, 6.07) is 10.5. The summed E-state index contributed by atoms with van der Waals surface area (Å²) in [5, 5.41) is 8.21. The van der Waals surface area contributed by atoms with Gasteiger partial charge in [-0.05, 0) is 25.3 Å². The van der Waals surface area contributed by atoms with Crippen LogP contribution in [0, 0.1) is 0 Å². The van der Waals surface area contributed by atoms with Crippen LogP contribution in [0.25, 0.3) is 0 Å². The first-order chi connectivity index (χ1) is 8.25. The lowest BCUT2D eigenvalue weighted by Gasteiger charge is -2.01. The molecular formula is C13H16BrN3. The predicted octanol–water partition coefficient (Wildman–Crippen LogP) is 3.37. The second-order valence-corrected chi connectivity index (χ2v) is 5.49. The molecule has 0 bridgehead atoms. The molecule has 0 aliphatic heterocycles. The SMILES string of the molecule is CC(Br)c1cn(CCCc2ccccc2)nn1. The minimum absolute atomic E-state index is 0.269. The Morgan fingerprint density at radius 1 is 1.29 bits per heavy atom. The maximum absolute atomic E-state index is 4.11. The molecule has 0 aliphatic rings. The molecule has 3 nitrogen and oxygen atoms in total. The van der Waals surface area contributed by atoms with E-state index in [2.05, 4.69) is 57.4 Å². The fourth-order valence-electron chi connectivity index (χ4n) is 1.69. The first-order valence-electron chi connectivity index (χ1n) is 5.84. The van der Waals surface area contributed by atoms with Gasteiger partial charge in [-0.25, -0.2) is 0 Å². The van der Waals surface area contributed by atoms with E-state index in [1.807, 2.05) is 16.9 Å². The fraction of sp³-hybridized carbons (Fsp3) is 0.385. The van der Waals surface area contributed by atoms with Crippen LogP contribution in [-0.2, 0) is 13.0 Å². The van der Waals surface area contributed by atoms with Gasteiger partial charge in [-0.3, -0.25) is 4.68 Å². The third kappa shape index (κ3) is 3.66. The lowest BCUT2D eigenvalue weighted by molar-refractivity contribution is 0.558. The molecule has 2 aromatic rings. The maximum atomic E-state index is 4.11. The Labute approximate surface area is 110 Å². The third-order valence-electron chi connectivity index (χ3n) is 2.66. The van der Waals surface area contributed by atoms with Gasteiger partial charge in [0.2, 0.25) is 0 Å². The second-order valence-electron chi connectivity index (χ2n) is 4.11. The average Bonchev–Trinajstić information content (AvgIpc) is 2.79. The number of rotatable bonds is 5. The number of aromatic nitrogens is 3. The molecule has 0 aliphatic carbocycles. The van der Waals surface area contributed by atoms with Crippen LogP contribution in [-0.4, -0.2) is 15.0 Å². The van der Waals surface area contributed by atoms with Crippen molar-refractivity contribution in [1.29, 1.82) is 0 Å². The molecule has 0 saturated carbocycles. The molecule has 2 rings (SSSR count). The van der Waals surface area contributed by atoms with Crippen LogP contribution in [0.2, 0.25) is 0 Å². The Hall–Kier alpha value is -1.16. The Kier molecular flexibility index (Phi) is 4.31. The highest BCUT2D eigenvalue weighted by Gasteiger charge is 2.05. The Morgan fingerprint density at radius 2 is 2.06 bits per heavy atom. The molecule has 17 heavy (non-hydrogen) atoms. The molecule has 0 N–H and O–H groups in total. The van der Waals surface area contributed by atoms with E-state index in [0.717, 1.165) is 25.1 Å². The van der Waals surface area contributed by atoms with Gasteiger partial charge < -0.3 is 0 Å². The zero-order chi connectivity index (χ0) is 12.1. The quantitative estimate of drug-likeness (QED) is 0.792. The molecular weight excluding hydrogens is 278 g/mol. The van der Waals surface area contributed by atoms with E-state index < -0.39 is 0 Å². The summed E-state index contributed by atoms with van der Waals surface area (Å²) >= 11 is 3.48. The van der Waals surface area contributed by atoms with Gasteiger partial charge in [0.15, 0.2) is 0 Å². The molecule has 1 atom stereocenters. The van der Waals surface area contributed by atoms with Gasteiger partial charge in [-0.1, -0.05) is 51.5 Å². The smallest absolute Gasteiger partial charge is 0.0960 e. The van der Waals surface area contributed by atoms with Crippen molar-refractivity contribution < 1.29 is 0 Å². The number of aryl methyl sites for hydroxylation is 2. The van der Waals surface area contributed by atoms with Gasteiger partial charge in [-0.2, -0.15) is 0 Å². The third-order valence-corrected chi connectivity index (χ3v) is 3.13. The summed E-state index contributed by atoms with van der Waals surface area (Å²) in [5.74, 6) is 0. The summed E-state index contributed by atoms with van der Waals surface area (Å²) in [5.41, 5.74) is 2.37. The van der Waals surface area contributed by atoms with Gasteiger partial charge in [0, 0.05) is 12.7 Å². The number of hydrogen-bond donors (Lipinski definition) is 0. The number of hydrogen-bond acceptors (Lipinski definition) is 2. The average molecular weight is 294 g/mol. The van der Waals surface area contributed by atoms with Crippen LogP contribution in [0.4, 0.5) is 0 Å². The van der Waals surface area contributed by atoms with Crippen molar-refractivity contribution in [2.45, 2.75) is 31.1 Å². The van der Waals surface area contributed by atoms with Crippen molar-refractivity contribution in [1.82, 2.24) is 15.0 Å². The first kappa shape index (κ1) is 12.3. The highest BCUT2D eigenvalue weighted by molar-refractivity contribution is 9.09. The van der Waals surface area contributed by atoms with E-state index in [-0.39, 0.29) is 4.83 Å². The molecule has 0 amide bonds. The topological polar surface area (TPSA) is 30.7 Å². The molecule has 90 valence electrons. The van der Waals surface area contributed by atoms with Crippen LogP contribution in [0.3, 0.4) is 0 Å². The summed E-state index contributed by atoms with van der Waals surface area (Å²) in [6.45, 7) is 2.97. The monoisotopic (exact) mass is 293 g/mol. The number of alkyl halides is 1. The Balaban J connectivity index is 1.82. The van der Waals surface area contributed by atoms with Gasteiger partial charge in [0.1, 0.15) is 0 Å². The first-order valence-corrected chi connectivity index (χ1v) is 6.75. The molecule has 4 heteroatoms. The van der Waals surface area contributed by atoms with E-state index in [9.17, 15) is 0 Å². The lowest BCUT2D eigenvalue weighted by atomic mass is 10.1. The van der Waals surface area contributed by atoms with Gasteiger partial charge >= 0.3 is 0 Å². The molecule has 0 radical (unpaired) electrons. The number of nitrogens with zero attached hydrogens (tertiary/aromatic N) is 3. The minimum atomic E-state index is 0.269. The zero-order valence-electron chi connectivity index (χ0n) is 9.88. The minimum Gasteiger partial charge on any atom is -0.252 e. The number of benzene rings is 1. The van der Waals surface area contributed by atoms with Gasteiger partial charge in [-0.15, -0.1) is 5.10 Å². The van der Waals surface area contributed by atoms with Crippen LogP contribution in [0.5, 0.6) is 0 Å². The standard InChI is InChI=1S/C13H16BrN3/c1-11(14)13-10-17(16-15-13)9-5-8-12-6-3-2-4-7-12/h2-4,6-7,10-11H,5,8-9H2,1H3. The molecule has 1 aromatic heterocycles. The molecule has 0 saturated heterocycles. The fourth-order valence-corrected chi connectivity index (χ4v) is 1.90. The van der Waals surface area contributed by atoms with Crippen molar-refractivity contribution in [3.63, 3.8) is 0 Å². The van der Waals surface area contributed by atoms with Crippen molar-refractivity contribution in [3.8, 4) is 0 Å². The normalized spacial score (nSPS) is 12.6. The predicted molar refractivity (Wildman–Crippen MR) is 72.1 cm³/mol. The highest BCUT2D eigenvalue weighted by atomic mass is 79.9. The van der Waals surface area contributed by atoms with Gasteiger partial charge in [0.25, 0.3) is 0 Å². The molecule has 0 spiro atoms. The highest BCUT2D eigenvalue weighted by Crippen LogP contribution is 2.18. The van der Waals surface area contributed by atoms with Crippen molar-refractivity contribution in [2.24, 2.45) is 0 Å². The summed E-state index contributed by atoms with van der Waals surface area (Å²) in [6.07, 6.45) is 4.17. The van der Waals surface area contributed by atoms with E-state index in [1.165, 1.54) is 5.56 Å². The second kappa shape index (κ2) is 5.96. The van der Waals surface area contributed by atoms with E-state index in [0.29, 0.717) is 0 Å². The molecule has 1 aromatic carbocycles. The van der Waals surface area contributed by atoms with E-state index in [1.54, 1.807) is 0 Å². The van der Waals surface area contributed by atoms with E-state index >= 15 is 0 Å². The van der Waals surface area contributed by atoms with Crippen LogP contribution < -0.4 is 0 Å². The maximum Gasteiger partial charge on any atom is 0.0960 e. The lowest BCUT2D eigenvalue weighted by Crippen LogP contribution is -2.00. The summed E-state index contributed by atoms with van der Waals surface area (Å²) in [4.78, 5) is 0.269. The van der Waals surface area contributed by atoms with Gasteiger partial charge in [0.05, 0.1) is 10.5 Å².